The van der Waals surface area contributed by atoms with E-state index in [-0.39, 0.29) is 5.69 Å². The lowest BCUT2D eigenvalue weighted by Gasteiger charge is -2.04. The molecule has 1 aromatic heterocycles. The van der Waals surface area contributed by atoms with Crippen molar-refractivity contribution >= 4 is 28.3 Å². The highest BCUT2D eigenvalue weighted by Gasteiger charge is 2.17. The maximum absolute atomic E-state index is 11.0. The average molecular weight is 345 g/mol. The summed E-state index contributed by atoms with van der Waals surface area (Å²) in [7, 11) is 1.47. The van der Waals surface area contributed by atoms with Gasteiger partial charge in [-0.05, 0) is 34.7 Å². The summed E-state index contributed by atoms with van der Waals surface area (Å²) in [5, 5.41) is 15.0. The van der Waals surface area contributed by atoms with Crippen molar-refractivity contribution in [3.63, 3.8) is 0 Å². The lowest BCUT2D eigenvalue weighted by Crippen LogP contribution is -2.01. The number of rotatable bonds is 3. The first-order chi connectivity index (χ1) is 8.11. The Kier molecular flexibility index (Phi) is 3.27. The van der Waals surface area contributed by atoms with E-state index in [4.69, 9.17) is 4.74 Å². The highest BCUT2D eigenvalue weighted by atomic mass is 127. The van der Waals surface area contributed by atoms with Gasteiger partial charge in [-0.15, -0.1) is 0 Å². The molecule has 0 bridgehead atoms. The lowest BCUT2D eigenvalue weighted by molar-refractivity contribution is -0.384. The first kappa shape index (κ1) is 11.8. The van der Waals surface area contributed by atoms with Crippen molar-refractivity contribution in [2.75, 3.05) is 7.11 Å². The fourth-order valence-electron chi connectivity index (χ4n) is 1.40. The van der Waals surface area contributed by atoms with Crippen molar-refractivity contribution in [1.82, 2.24) is 9.78 Å². The number of nitro benzene ring substituents is 1. The minimum Gasteiger partial charge on any atom is -0.496 e. The molecule has 0 fully saturated rings. The van der Waals surface area contributed by atoms with Gasteiger partial charge in [-0.25, -0.2) is 4.68 Å². The Hall–Kier alpha value is -1.64. The number of aromatic nitrogens is 2. The van der Waals surface area contributed by atoms with Gasteiger partial charge in [0.2, 0.25) is 0 Å². The summed E-state index contributed by atoms with van der Waals surface area (Å²) in [6.45, 7) is 0. The topological polar surface area (TPSA) is 70.2 Å². The van der Waals surface area contributed by atoms with Crippen LogP contribution in [0.5, 0.6) is 5.75 Å². The zero-order valence-corrected chi connectivity index (χ0v) is 11.0. The maximum atomic E-state index is 11.0. The fourth-order valence-corrected chi connectivity index (χ4v) is 1.79. The maximum Gasteiger partial charge on any atom is 0.298 e. The van der Waals surface area contributed by atoms with Crippen molar-refractivity contribution in [3.8, 4) is 11.4 Å². The fraction of sp³-hybridized carbons (Fsp3) is 0.100. The van der Waals surface area contributed by atoms with Crippen LogP contribution in [-0.4, -0.2) is 21.8 Å². The average Bonchev–Trinajstić information content (AvgIpc) is 2.75. The molecule has 6 nitrogen and oxygen atoms in total. The molecule has 0 amide bonds. The molecule has 0 aliphatic rings. The number of ether oxygens (including phenoxy) is 1. The Morgan fingerprint density at radius 2 is 2.29 bits per heavy atom. The summed E-state index contributed by atoms with van der Waals surface area (Å²) in [5.74, 6) is 0.447. The second-order valence-electron chi connectivity index (χ2n) is 3.21. The van der Waals surface area contributed by atoms with E-state index in [0.717, 1.165) is 3.57 Å². The van der Waals surface area contributed by atoms with E-state index in [9.17, 15) is 10.1 Å². The highest BCUT2D eigenvalue weighted by Crippen LogP contribution is 2.27. The number of nitro groups is 1. The molecule has 0 aliphatic heterocycles. The normalized spacial score (nSPS) is 10.2. The Balaban J connectivity index is 2.57. The third-order valence-corrected chi connectivity index (χ3v) is 2.73. The van der Waals surface area contributed by atoms with Crippen LogP contribution in [0.15, 0.2) is 30.6 Å². The number of hydrogen-bond acceptors (Lipinski definition) is 4. The first-order valence-electron chi connectivity index (χ1n) is 4.65. The Bertz CT molecular complexity index is 568. The molecule has 0 radical (unpaired) electrons. The van der Waals surface area contributed by atoms with Crippen LogP contribution in [0.1, 0.15) is 0 Å². The van der Waals surface area contributed by atoms with E-state index >= 15 is 0 Å². The molecule has 0 saturated carbocycles. The molecule has 2 aromatic rings. The Labute approximate surface area is 110 Å². The molecule has 1 heterocycles. The summed E-state index contributed by atoms with van der Waals surface area (Å²) in [4.78, 5) is 10.5. The van der Waals surface area contributed by atoms with Gasteiger partial charge in [0.15, 0.2) is 0 Å². The molecule has 17 heavy (non-hydrogen) atoms. The molecule has 0 N–H and O–H groups in total. The SMILES string of the molecule is COc1ccc(-n2cc(I)cn2)c([N+](=O)[O-])c1. The third-order valence-electron chi connectivity index (χ3n) is 2.18. The Morgan fingerprint density at radius 1 is 1.53 bits per heavy atom. The van der Waals surface area contributed by atoms with Gasteiger partial charge in [0, 0.05) is 6.20 Å². The van der Waals surface area contributed by atoms with Gasteiger partial charge in [-0.1, -0.05) is 0 Å². The number of benzene rings is 1. The van der Waals surface area contributed by atoms with E-state index in [1.165, 1.54) is 17.9 Å². The molecule has 7 heteroatoms. The van der Waals surface area contributed by atoms with Crippen LogP contribution >= 0.6 is 22.6 Å². The van der Waals surface area contributed by atoms with Gasteiger partial charge in [-0.3, -0.25) is 10.1 Å². The first-order valence-corrected chi connectivity index (χ1v) is 5.72. The number of nitrogens with zero attached hydrogens (tertiary/aromatic N) is 3. The van der Waals surface area contributed by atoms with E-state index in [1.54, 1.807) is 24.5 Å². The molecule has 0 unspecified atom stereocenters. The van der Waals surface area contributed by atoms with Crippen molar-refractivity contribution < 1.29 is 9.66 Å². The summed E-state index contributed by atoms with van der Waals surface area (Å²) in [5.41, 5.74) is 0.377. The zero-order valence-electron chi connectivity index (χ0n) is 8.83. The van der Waals surface area contributed by atoms with Crippen LogP contribution in [0.4, 0.5) is 5.69 Å². The molecule has 0 spiro atoms. The molecule has 88 valence electrons. The van der Waals surface area contributed by atoms with E-state index < -0.39 is 4.92 Å². The number of methoxy groups -OCH3 is 1. The van der Waals surface area contributed by atoms with Crippen molar-refractivity contribution in [3.05, 3.63) is 44.3 Å². The Morgan fingerprint density at radius 3 is 2.82 bits per heavy atom. The summed E-state index contributed by atoms with van der Waals surface area (Å²) in [6.07, 6.45) is 3.35. The van der Waals surface area contributed by atoms with Gasteiger partial charge in [-0.2, -0.15) is 5.10 Å². The van der Waals surface area contributed by atoms with Gasteiger partial charge < -0.3 is 4.74 Å². The minimum atomic E-state index is -0.452. The quantitative estimate of drug-likeness (QED) is 0.487. The molecule has 0 atom stereocenters. The van der Waals surface area contributed by atoms with E-state index in [1.807, 2.05) is 0 Å². The van der Waals surface area contributed by atoms with Crippen LogP contribution in [0.3, 0.4) is 0 Å². The third kappa shape index (κ3) is 2.38. The highest BCUT2D eigenvalue weighted by molar-refractivity contribution is 14.1. The second kappa shape index (κ2) is 4.70. The molecule has 0 saturated heterocycles. The summed E-state index contributed by atoms with van der Waals surface area (Å²) in [6, 6.07) is 4.65. The van der Waals surface area contributed by atoms with Crippen molar-refractivity contribution in [1.29, 1.82) is 0 Å². The van der Waals surface area contributed by atoms with Gasteiger partial charge in [0.1, 0.15) is 11.4 Å². The summed E-state index contributed by atoms with van der Waals surface area (Å²) < 4.78 is 7.35. The van der Waals surface area contributed by atoms with Crippen molar-refractivity contribution in [2.24, 2.45) is 0 Å². The predicted octanol–water partition coefficient (Wildman–Crippen LogP) is 2.39. The van der Waals surface area contributed by atoms with Gasteiger partial charge >= 0.3 is 0 Å². The smallest absolute Gasteiger partial charge is 0.298 e. The van der Waals surface area contributed by atoms with Crippen LogP contribution < -0.4 is 4.74 Å². The predicted molar refractivity (Wildman–Crippen MR) is 69.5 cm³/mol. The monoisotopic (exact) mass is 345 g/mol. The van der Waals surface area contributed by atoms with E-state index in [0.29, 0.717) is 11.4 Å². The molecule has 0 aliphatic carbocycles. The number of halogens is 1. The molecular formula is C10H8IN3O3. The molecule has 2 rings (SSSR count). The molecule has 1 aromatic carbocycles. The van der Waals surface area contributed by atoms with Crippen LogP contribution in [0.25, 0.3) is 5.69 Å². The van der Waals surface area contributed by atoms with Crippen LogP contribution in [0, 0.1) is 13.7 Å². The van der Waals surface area contributed by atoms with E-state index in [2.05, 4.69) is 27.7 Å². The van der Waals surface area contributed by atoms with Crippen LogP contribution in [0.2, 0.25) is 0 Å². The van der Waals surface area contributed by atoms with Crippen molar-refractivity contribution in [2.45, 2.75) is 0 Å². The second-order valence-corrected chi connectivity index (χ2v) is 4.46. The molecular weight excluding hydrogens is 337 g/mol. The zero-order chi connectivity index (χ0) is 12.4. The largest absolute Gasteiger partial charge is 0.496 e. The minimum absolute atomic E-state index is 0.0381. The van der Waals surface area contributed by atoms with Gasteiger partial charge in [0.25, 0.3) is 5.69 Å². The summed E-state index contributed by atoms with van der Waals surface area (Å²) >= 11 is 2.09. The lowest BCUT2D eigenvalue weighted by atomic mass is 10.2. The standard InChI is InChI=1S/C10H8IN3O3/c1-17-8-2-3-9(10(4-8)14(15)16)13-6-7(11)5-12-13/h2-6H,1H3. The van der Waals surface area contributed by atoms with Gasteiger partial charge in [0.05, 0.1) is 27.9 Å². The van der Waals surface area contributed by atoms with Crippen LogP contribution in [-0.2, 0) is 0 Å². The number of hydrogen-bond donors (Lipinski definition) is 0.